The molecule has 0 spiro atoms. The van der Waals surface area contributed by atoms with Crippen molar-refractivity contribution in [2.75, 3.05) is 5.32 Å². The van der Waals surface area contributed by atoms with Gasteiger partial charge in [0.15, 0.2) is 0 Å². The maximum atomic E-state index is 13.6. The van der Waals surface area contributed by atoms with Gasteiger partial charge in [0, 0.05) is 21.8 Å². The Hall–Kier alpha value is -3.18. The zero-order valence-electron chi connectivity index (χ0n) is 16.6. The van der Waals surface area contributed by atoms with Crippen LogP contribution in [0.15, 0.2) is 77.2 Å². The first-order chi connectivity index (χ1) is 14.5. The summed E-state index contributed by atoms with van der Waals surface area (Å²) in [5.41, 5.74) is 3.57. The number of nitrogens with one attached hydrogen (secondary N) is 1. The Labute approximate surface area is 179 Å². The molecule has 0 unspecified atom stereocenters. The van der Waals surface area contributed by atoms with Gasteiger partial charge in [-0.25, -0.2) is 4.39 Å². The minimum atomic E-state index is -0.534. The molecule has 0 aliphatic rings. The lowest BCUT2D eigenvalue weighted by molar-refractivity contribution is 0.494. The van der Waals surface area contributed by atoms with E-state index in [0.29, 0.717) is 23.3 Å². The molecule has 0 amide bonds. The van der Waals surface area contributed by atoms with E-state index < -0.39 is 11.9 Å². The van der Waals surface area contributed by atoms with Gasteiger partial charge < -0.3 is 9.73 Å². The quantitative estimate of drug-likeness (QED) is 0.369. The lowest BCUT2D eigenvalue weighted by atomic mass is 10.0. The fraction of sp³-hybridized carbons (Fsp3) is 0.167. The van der Waals surface area contributed by atoms with Gasteiger partial charge in [0.1, 0.15) is 11.9 Å². The minimum absolute atomic E-state index is 0.283. The molecule has 4 nitrogen and oxygen atoms in total. The van der Waals surface area contributed by atoms with E-state index in [9.17, 15) is 4.39 Å². The number of aromatic nitrogens is 2. The highest BCUT2D eigenvalue weighted by atomic mass is 35.5. The largest absolute Gasteiger partial charge is 0.418 e. The van der Waals surface area contributed by atoms with Crippen LogP contribution >= 0.6 is 11.6 Å². The summed E-state index contributed by atoms with van der Waals surface area (Å²) in [6.07, 6.45) is 0. The zero-order chi connectivity index (χ0) is 21.1. The number of anilines is 1. The summed E-state index contributed by atoms with van der Waals surface area (Å²) < 4.78 is 19.6. The molecule has 30 heavy (non-hydrogen) atoms. The van der Waals surface area contributed by atoms with Crippen molar-refractivity contribution in [2.24, 2.45) is 0 Å². The third-order valence-electron chi connectivity index (χ3n) is 4.87. The van der Waals surface area contributed by atoms with E-state index in [2.05, 4.69) is 41.5 Å². The number of benzene rings is 3. The molecule has 0 aliphatic carbocycles. The van der Waals surface area contributed by atoms with Gasteiger partial charge in [-0.2, -0.15) is 0 Å². The highest BCUT2D eigenvalue weighted by molar-refractivity contribution is 6.31. The average molecular weight is 422 g/mol. The Morgan fingerprint density at radius 2 is 1.67 bits per heavy atom. The molecule has 1 atom stereocenters. The number of hydrogen-bond donors (Lipinski definition) is 1. The zero-order valence-corrected chi connectivity index (χ0v) is 17.4. The lowest BCUT2D eigenvalue weighted by Crippen LogP contribution is -2.13. The predicted octanol–water partition coefficient (Wildman–Crippen LogP) is 6.85. The molecule has 0 saturated carbocycles. The molecular formula is C24H21ClFN3O. The van der Waals surface area contributed by atoms with Gasteiger partial charge in [0.05, 0.1) is 0 Å². The van der Waals surface area contributed by atoms with Crippen molar-refractivity contribution < 1.29 is 8.81 Å². The van der Waals surface area contributed by atoms with E-state index in [-0.39, 0.29) is 5.02 Å². The first-order valence-corrected chi connectivity index (χ1v) is 10.1. The summed E-state index contributed by atoms with van der Waals surface area (Å²) in [4.78, 5) is 0. The average Bonchev–Trinajstić information content (AvgIpc) is 3.23. The van der Waals surface area contributed by atoms with Crippen molar-refractivity contribution in [1.82, 2.24) is 10.2 Å². The summed E-state index contributed by atoms with van der Waals surface area (Å²) in [5, 5.41) is 12.1. The number of rotatable bonds is 6. The molecule has 0 radical (unpaired) electrons. The van der Waals surface area contributed by atoms with E-state index >= 15 is 0 Å². The van der Waals surface area contributed by atoms with Crippen molar-refractivity contribution >= 4 is 17.3 Å². The van der Waals surface area contributed by atoms with Crippen LogP contribution in [0, 0.1) is 5.82 Å². The van der Waals surface area contributed by atoms with Crippen LogP contribution in [0.2, 0.25) is 5.02 Å². The summed E-state index contributed by atoms with van der Waals surface area (Å²) in [5.74, 6) is 0.783. The third-order valence-corrected chi connectivity index (χ3v) is 5.20. The molecule has 0 bridgehead atoms. The second kappa shape index (κ2) is 8.67. The molecule has 6 heteroatoms. The van der Waals surface area contributed by atoms with Crippen molar-refractivity contribution in [3.05, 3.63) is 101 Å². The standard InChI is InChI=1S/C24H21ClFN3O/c1-15(2)16-8-11-19(12-9-16)27-22(20-13-10-18(26)14-21(20)25)24-29-28-23(30-24)17-6-4-3-5-7-17/h3-15,22,27H,1-2H3/t22-/m1/s1. The SMILES string of the molecule is CC(C)c1ccc(N[C@@H](c2nnc(-c3ccccc3)o2)c2ccc(F)cc2Cl)cc1. The molecule has 4 aromatic rings. The van der Waals surface area contributed by atoms with Crippen LogP contribution in [0.25, 0.3) is 11.5 Å². The molecule has 4 rings (SSSR count). The van der Waals surface area contributed by atoms with E-state index in [1.807, 2.05) is 42.5 Å². The van der Waals surface area contributed by atoms with E-state index in [4.69, 9.17) is 16.0 Å². The van der Waals surface area contributed by atoms with Crippen LogP contribution in [0.4, 0.5) is 10.1 Å². The molecule has 3 aromatic carbocycles. The molecular weight excluding hydrogens is 401 g/mol. The molecule has 0 saturated heterocycles. The summed E-state index contributed by atoms with van der Waals surface area (Å²) in [7, 11) is 0. The van der Waals surface area contributed by atoms with Gasteiger partial charge in [0.25, 0.3) is 0 Å². The maximum Gasteiger partial charge on any atom is 0.247 e. The van der Waals surface area contributed by atoms with Gasteiger partial charge in [-0.3, -0.25) is 0 Å². The van der Waals surface area contributed by atoms with E-state index in [1.165, 1.54) is 17.7 Å². The molecule has 1 aromatic heterocycles. The summed E-state index contributed by atoms with van der Waals surface area (Å²) in [6, 6.07) is 21.4. The Bertz CT molecular complexity index is 1130. The molecule has 1 heterocycles. The van der Waals surface area contributed by atoms with E-state index in [1.54, 1.807) is 6.07 Å². The maximum absolute atomic E-state index is 13.6. The number of halogens is 2. The van der Waals surface area contributed by atoms with Gasteiger partial charge >= 0.3 is 0 Å². The van der Waals surface area contributed by atoms with Crippen molar-refractivity contribution in [3.63, 3.8) is 0 Å². The molecule has 1 N–H and O–H groups in total. The van der Waals surface area contributed by atoms with Gasteiger partial charge in [-0.1, -0.05) is 61.8 Å². The van der Waals surface area contributed by atoms with Gasteiger partial charge in [0.2, 0.25) is 11.8 Å². The topological polar surface area (TPSA) is 51.0 Å². The van der Waals surface area contributed by atoms with Gasteiger partial charge in [-0.15, -0.1) is 10.2 Å². The third kappa shape index (κ3) is 4.36. The Morgan fingerprint density at radius 3 is 2.33 bits per heavy atom. The molecule has 152 valence electrons. The van der Waals surface area contributed by atoms with Crippen LogP contribution in [0.5, 0.6) is 0 Å². The highest BCUT2D eigenvalue weighted by Gasteiger charge is 2.24. The number of hydrogen-bond acceptors (Lipinski definition) is 4. The normalized spacial score (nSPS) is 12.2. The molecule has 0 aliphatic heterocycles. The fourth-order valence-corrected chi connectivity index (χ4v) is 3.46. The Balaban J connectivity index is 1.71. The smallest absolute Gasteiger partial charge is 0.247 e. The van der Waals surface area contributed by atoms with E-state index in [0.717, 1.165) is 11.3 Å². The Morgan fingerprint density at radius 1 is 0.933 bits per heavy atom. The van der Waals surface area contributed by atoms with Crippen LogP contribution in [-0.2, 0) is 0 Å². The first kappa shape index (κ1) is 20.1. The highest BCUT2D eigenvalue weighted by Crippen LogP contribution is 2.33. The lowest BCUT2D eigenvalue weighted by Gasteiger charge is -2.19. The van der Waals surface area contributed by atoms with Crippen LogP contribution in [-0.4, -0.2) is 10.2 Å². The monoisotopic (exact) mass is 421 g/mol. The van der Waals surface area contributed by atoms with Crippen LogP contribution in [0.1, 0.15) is 42.8 Å². The van der Waals surface area contributed by atoms with Gasteiger partial charge in [-0.05, 0) is 47.9 Å². The van der Waals surface area contributed by atoms with Crippen molar-refractivity contribution in [1.29, 1.82) is 0 Å². The second-order valence-electron chi connectivity index (χ2n) is 7.33. The fourth-order valence-electron chi connectivity index (χ4n) is 3.19. The number of nitrogens with zero attached hydrogens (tertiary/aromatic N) is 2. The summed E-state index contributed by atoms with van der Waals surface area (Å²) in [6.45, 7) is 4.29. The van der Waals surface area contributed by atoms with Crippen molar-refractivity contribution in [3.8, 4) is 11.5 Å². The van der Waals surface area contributed by atoms with Crippen LogP contribution < -0.4 is 5.32 Å². The van der Waals surface area contributed by atoms with Crippen LogP contribution in [0.3, 0.4) is 0 Å². The second-order valence-corrected chi connectivity index (χ2v) is 7.74. The Kier molecular flexibility index (Phi) is 5.81. The first-order valence-electron chi connectivity index (χ1n) is 9.71. The predicted molar refractivity (Wildman–Crippen MR) is 117 cm³/mol. The van der Waals surface area contributed by atoms with Crippen molar-refractivity contribution in [2.45, 2.75) is 25.8 Å². The summed E-state index contributed by atoms with van der Waals surface area (Å²) >= 11 is 6.36. The molecule has 0 fully saturated rings. The minimum Gasteiger partial charge on any atom is -0.418 e.